The summed E-state index contributed by atoms with van der Waals surface area (Å²) in [6.45, 7) is 1.57. The minimum absolute atomic E-state index is 0.0311. The quantitative estimate of drug-likeness (QED) is 0.627. The van der Waals surface area contributed by atoms with Gasteiger partial charge in [0.15, 0.2) is 17.3 Å². The molecule has 18 heavy (non-hydrogen) atoms. The number of benzene rings is 1. The fourth-order valence-electron chi connectivity index (χ4n) is 1.34. The smallest absolute Gasteiger partial charge is 0.492 e. The molecule has 0 spiro atoms. The van der Waals surface area contributed by atoms with Gasteiger partial charge in [-0.25, -0.2) is 0 Å². The van der Waals surface area contributed by atoms with Crippen LogP contribution in [-0.2, 0) is 0 Å². The lowest BCUT2D eigenvalue weighted by molar-refractivity contribution is -0.275. The molecular weight excluding hydrogens is 317 g/mol. The maximum absolute atomic E-state index is 12.2. The number of alkyl halides is 4. The second-order valence-corrected chi connectivity index (χ2v) is 4.74. The molecule has 0 aliphatic rings. The van der Waals surface area contributed by atoms with Crippen LogP contribution in [0.4, 0.5) is 13.2 Å². The molecule has 0 saturated heterocycles. The first-order chi connectivity index (χ1) is 8.26. The number of ketones is 1. The lowest BCUT2D eigenvalue weighted by atomic mass is 10.1. The van der Waals surface area contributed by atoms with Gasteiger partial charge < -0.3 is 9.47 Å². The second-order valence-electron chi connectivity index (χ2n) is 3.37. The van der Waals surface area contributed by atoms with E-state index in [4.69, 9.17) is 4.74 Å². The van der Waals surface area contributed by atoms with E-state index in [-0.39, 0.29) is 17.1 Å². The van der Waals surface area contributed by atoms with Gasteiger partial charge in [-0.15, -0.1) is 13.2 Å². The van der Waals surface area contributed by atoms with Gasteiger partial charge in [0.05, 0.1) is 17.5 Å². The summed E-state index contributed by atoms with van der Waals surface area (Å²) in [5.74, 6) is -1.16. The molecule has 0 aliphatic carbocycles. The first-order valence-corrected chi connectivity index (χ1v) is 5.79. The molecule has 1 unspecified atom stereocenters. The number of carbonyl (C=O) groups excluding carboxylic acids is 1. The van der Waals surface area contributed by atoms with E-state index in [9.17, 15) is 18.0 Å². The van der Waals surface area contributed by atoms with Gasteiger partial charge in [-0.1, -0.05) is 22.0 Å². The number of halogens is 4. The molecule has 1 aromatic rings. The van der Waals surface area contributed by atoms with Gasteiger partial charge in [0.1, 0.15) is 0 Å². The molecular formula is C11H10BrF3O3. The van der Waals surface area contributed by atoms with Crippen LogP contribution >= 0.6 is 15.9 Å². The van der Waals surface area contributed by atoms with E-state index < -0.39 is 16.9 Å². The van der Waals surface area contributed by atoms with E-state index in [1.165, 1.54) is 19.2 Å². The van der Waals surface area contributed by atoms with Gasteiger partial charge in [-0.05, 0) is 19.1 Å². The Morgan fingerprint density at radius 2 is 2.00 bits per heavy atom. The van der Waals surface area contributed by atoms with Gasteiger partial charge in [-0.2, -0.15) is 0 Å². The molecule has 1 rings (SSSR count). The number of hydrogen-bond acceptors (Lipinski definition) is 3. The van der Waals surface area contributed by atoms with Crippen molar-refractivity contribution in [3.05, 3.63) is 23.8 Å². The topological polar surface area (TPSA) is 35.5 Å². The Morgan fingerprint density at radius 3 is 2.44 bits per heavy atom. The minimum atomic E-state index is -4.84. The van der Waals surface area contributed by atoms with Crippen molar-refractivity contribution < 1.29 is 27.4 Å². The Hall–Kier alpha value is -1.24. The van der Waals surface area contributed by atoms with E-state index in [0.717, 1.165) is 6.07 Å². The molecule has 0 aliphatic heterocycles. The number of carbonyl (C=O) groups is 1. The summed E-state index contributed by atoms with van der Waals surface area (Å²) < 4.78 is 45.2. The SMILES string of the molecule is COc1c(OC(F)(F)F)cccc1C(=O)C(C)Br. The lowest BCUT2D eigenvalue weighted by Crippen LogP contribution is -2.19. The van der Waals surface area contributed by atoms with Gasteiger partial charge >= 0.3 is 6.36 Å². The van der Waals surface area contributed by atoms with E-state index in [0.29, 0.717) is 0 Å². The normalized spacial score (nSPS) is 13.0. The van der Waals surface area contributed by atoms with Crippen molar-refractivity contribution >= 4 is 21.7 Å². The monoisotopic (exact) mass is 326 g/mol. The third-order valence-electron chi connectivity index (χ3n) is 2.04. The van der Waals surface area contributed by atoms with Crippen LogP contribution in [0.3, 0.4) is 0 Å². The lowest BCUT2D eigenvalue weighted by Gasteiger charge is -2.15. The highest BCUT2D eigenvalue weighted by molar-refractivity contribution is 9.10. The van der Waals surface area contributed by atoms with Crippen molar-refractivity contribution in [1.82, 2.24) is 0 Å². The number of para-hydroxylation sites is 1. The van der Waals surface area contributed by atoms with Crippen molar-refractivity contribution in [1.29, 1.82) is 0 Å². The van der Waals surface area contributed by atoms with E-state index >= 15 is 0 Å². The first kappa shape index (κ1) is 14.8. The highest BCUT2D eigenvalue weighted by Crippen LogP contribution is 2.35. The van der Waals surface area contributed by atoms with Crippen LogP contribution in [0.15, 0.2) is 18.2 Å². The maximum atomic E-state index is 12.2. The molecule has 0 aromatic heterocycles. The van der Waals surface area contributed by atoms with E-state index in [1.54, 1.807) is 6.92 Å². The average molecular weight is 327 g/mol. The molecule has 3 nitrogen and oxygen atoms in total. The molecule has 7 heteroatoms. The zero-order chi connectivity index (χ0) is 13.9. The predicted octanol–water partition coefficient (Wildman–Crippen LogP) is 3.56. The van der Waals surface area contributed by atoms with Crippen molar-refractivity contribution in [3.63, 3.8) is 0 Å². The summed E-state index contributed by atoms with van der Waals surface area (Å²) >= 11 is 3.06. The molecule has 0 fully saturated rings. The average Bonchev–Trinajstić information content (AvgIpc) is 2.25. The number of Topliss-reactive ketones (excluding diaryl/α,β-unsaturated/α-hetero) is 1. The van der Waals surface area contributed by atoms with Crippen LogP contribution in [0.5, 0.6) is 11.5 Å². The van der Waals surface area contributed by atoms with Crippen LogP contribution in [-0.4, -0.2) is 24.1 Å². The molecule has 100 valence electrons. The van der Waals surface area contributed by atoms with E-state index in [1.807, 2.05) is 0 Å². The summed E-state index contributed by atoms with van der Waals surface area (Å²) in [5, 5.41) is 0. The highest BCUT2D eigenvalue weighted by Gasteiger charge is 2.33. The van der Waals surface area contributed by atoms with Crippen molar-refractivity contribution in [2.45, 2.75) is 18.1 Å². The standard InChI is InChI=1S/C11H10BrF3O3/c1-6(12)9(16)7-4-3-5-8(10(7)17-2)18-11(13,14)15/h3-6H,1-2H3. The maximum Gasteiger partial charge on any atom is 0.573 e. The Kier molecular flexibility index (Phi) is 4.61. The fraction of sp³-hybridized carbons (Fsp3) is 0.364. The van der Waals surface area contributed by atoms with Crippen molar-refractivity contribution in [2.75, 3.05) is 7.11 Å². The molecule has 1 atom stereocenters. The van der Waals surface area contributed by atoms with Crippen LogP contribution < -0.4 is 9.47 Å². The van der Waals surface area contributed by atoms with Gasteiger partial charge in [-0.3, -0.25) is 4.79 Å². The van der Waals surface area contributed by atoms with Gasteiger partial charge in [0, 0.05) is 0 Å². The third kappa shape index (κ3) is 3.63. The summed E-state index contributed by atoms with van der Waals surface area (Å²) in [4.78, 5) is 11.2. The zero-order valence-electron chi connectivity index (χ0n) is 9.55. The number of ether oxygens (including phenoxy) is 2. The Morgan fingerprint density at radius 1 is 1.39 bits per heavy atom. The van der Waals surface area contributed by atoms with Gasteiger partial charge in [0.25, 0.3) is 0 Å². The first-order valence-electron chi connectivity index (χ1n) is 4.87. The summed E-state index contributed by atoms with van der Waals surface area (Å²) in [7, 11) is 1.17. The van der Waals surface area contributed by atoms with Crippen LogP contribution in [0.2, 0.25) is 0 Å². The van der Waals surface area contributed by atoms with Crippen LogP contribution in [0.25, 0.3) is 0 Å². The number of hydrogen-bond donors (Lipinski definition) is 0. The molecule has 0 N–H and O–H groups in total. The predicted molar refractivity (Wildman–Crippen MR) is 62.4 cm³/mol. The number of methoxy groups -OCH3 is 1. The molecule has 0 saturated carbocycles. The molecule has 1 aromatic carbocycles. The van der Waals surface area contributed by atoms with Crippen molar-refractivity contribution in [2.24, 2.45) is 0 Å². The Labute approximate surface area is 110 Å². The third-order valence-corrected chi connectivity index (χ3v) is 2.45. The molecule has 0 radical (unpaired) electrons. The summed E-state index contributed by atoms with van der Waals surface area (Å²) in [5.41, 5.74) is 0.0311. The Bertz CT molecular complexity index is 444. The zero-order valence-corrected chi connectivity index (χ0v) is 11.1. The number of rotatable bonds is 4. The second kappa shape index (κ2) is 5.60. The summed E-state index contributed by atoms with van der Waals surface area (Å²) in [6.07, 6.45) is -4.84. The minimum Gasteiger partial charge on any atom is -0.492 e. The van der Waals surface area contributed by atoms with Crippen molar-refractivity contribution in [3.8, 4) is 11.5 Å². The molecule has 0 amide bonds. The molecule has 0 heterocycles. The summed E-state index contributed by atoms with van der Waals surface area (Å²) in [6, 6.07) is 3.76. The fourth-order valence-corrected chi connectivity index (χ4v) is 1.59. The largest absolute Gasteiger partial charge is 0.573 e. The van der Waals surface area contributed by atoms with Crippen LogP contribution in [0.1, 0.15) is 17.3 Å². The van der Waals surface area contributed by atoms with Gasteiger partial charge in [0.2, 0.25) is 0 Å². The Balaban J connectivity index is 3.22. The van der Waals surface area contributed by atoms with E-state index in [2.05, 4.69) is 20.7 Å². The molecule has 0 bridgehead atoms. The van der Waals surface area contributed by atoms with Crippen LogP contribution in [0, 0.1) is 0 Å². The highest BCUT2D eigenvalue weighted by atomic mass is 79.9.